The fourth-order valence-corrected chi connectivity index (χ4v) is 2.95. The van der Waals surface area contributed by atoms with Gasteiger partial charge in [0, 0.05) is 18.6 Å². The van der Waals surface area contributed by atoms with Gasteiger partial charge in [0.2, 0.25) is 10.0 Å². The first kappa shape index (κ1) is 17.4. The number of carboxylic acids is 1. The average molecular weight is 338 g/mol. The van der Waals surface area contributed by atoms with Crippen LogP contribution in [0, 0.1) is 0 Å². The van der Waals surface area contributed by atoms with E-state index in [1.807, 2.05) is 0 Å². The first-order valence-corrected chi connectivity index (χ1v) is 7.96. The Morgan fingerprint density at radius 2 is 1.86 bits per heavy atom. The lowest BCUT2D eigenvalue weighted by atomic mass is 10.3. The Morgan fingerprint density at radius 3 is 2.38 bits per heavy atom. The number of ether oxygens (including phenoxy) is 2. The van der Waals surface area contributed by atoms with E-state index in [0.29, 0.717) is 11.5 Å². The molecule has 0 atom stereocenters. The van der Waals surface area contributed by atoms with Crippen LogP contribution in [0.15, 0.2) is 12.1 Å². The van der Waals surface area contributed by atoms with Gasteiger partial charge in [-0.3, -0.25) is 9.52 Å². The SMILES string of the molecule is COc1cc(Cl)c(NS(=O)(=O)CCCC(=O)O)cc1OC. The highest BCUT2D eigenvalue weighted by molar-refractivity contribution is 7.92. The number of hydrogen-bond acceptors (Lipinski definition) is 5. The van der Waals surface area contributed by atoms with Gasteiger partial charge in [-0.2, -0.15) is 0 Å². The lowest BCUT2D eigenvalue weighted by molar-refractivity contribution is -0.137. The lowest BCUT2D eigenvalue weighted by Crippen LogP contribution is -2.17. The van der Waals surface area contributed by atoms with Gasteiger partial charge < -0.3 is 14.6 Å². The van der Waals surface area contributed by atoms with E-state index in [2.05, 4.69) is 4.72 Å². The number of benzene rings is 1. The Bertz CT molecular complexity index is 616. The molecule has 0 saturated heterocycles. The second kappa shape index (κ2) is 7.37. The average Bonchev–Trinajstić information content (AvgIpc) is 2.39. The maximum Gasteiger partial charge on any atom is 0.303 e. The van der Waals surface area contributed by atoms with Crippen molar-refractivity contribution in [2.75, 3.05) is 24.7 Å². The number of rotatable bonds is 8. The molecule has 9 heteroatoms. The van der Waals surface area contributed by atoms with Crippen LogP contribution < -0.4 is 14.2 Å². The molecule has 1 aromatic carbocycles. The lowest BCUT2D eigenvalue weighted by Gasteiger charge is -2.13. The van der Waals surface area contributed by atoms with Crippen LogP contribution in [0.3, 0.4) is 0 Å². The first-order valence-electron chi connectivity index (χ1n) is 5.93. The number of nitrogens with one attached hydrogen (secondary N) is 1. The van der Waals surface area contributed by atoms with Crippen molar-refractivity contribution in [3.63, 3.8) is 0 Å². The van der Waals surface area contributed by atoms with E-state index < -0.39 is 16.0 Å². The topological polar surface area (TPSA) is 102 Å². The standard InChI is InChI=1S/C12H16ClNO6S/c1-19-10-6-8(13)9(7-11(10)20-2)14-21(17,18)5-3-4-12(15)16/h6-7,14H,3-5H2,1-2H3,(H,15,16). The van der Waals surface area contributed by atoms with Crippen LogP contribution in [0.25, 0.3) is 0 Å². The Kier molecular flexibility index (Phi) is 6.10. The maximum absolute atomic E-state index is 11.9. The van der Waals surface area contributed by atoms with E-state index in [4.69, 9.17) is 26.2 Å². The number of carboxylic acid groups (broad SMARTS) is 1. The fourth-order valence-electron chi connectivity index (χ4n) is 1.56. The van der Waals surface area contributed by atoms with Crippen molar-refractivity contribution in [3.8, 4) is 11.5 Å². The minimum absolute atomic E-state index is 0.00950. The first-order chi connectivity index (χ1) is 9.79. The molecule has 0 aliphatic rings. The van der Waals surface area contributed by atoms with Gasteiger partial charge in [-0.1, -0.05) is 11.6 Å². The van der Waals surface area contributed by atoms with Crippen LogP contribution in [0.5, 0.6) is 11.5 Å². The van der Waals surface area contributed by atoms with E-state index in [1.54, 1.807) is 0 Å². The van der Waals surface area contributed by atoms with Crippen molar-refractivity contribution < 1.29 is 27.8 Å². The summed E-state index contributed by atoms with van der Waals surface area (Å²) in [5, 5.41) is 8.65. The maximum atomic E-state index is 11.9. The Balaban J connectivity index is 2.89. The normalized spacial score (nSPS) is 11.0. The summed E-state index contributed by atoms with van der Waals surface area (Å²) in [6, 6.07) is 2.82. The summed E-state index contributed by atoms with van der Waals surface area (Å²) in [6.45, 7) is 0. The number of anilines is 1. The number of aliphatic carboxylic acids is 1. The van der Waals surface area contributed by atoms with Gasteiger partial charge in [0.25, 0.3) is 0 Å². The molecule has 21 heavy (non-hydrogen) atoms. The molecule has 0 saturated carbocycles. The van der Waals surface area contributed by atoms with Gasteiger partial charge in [-0.05, 0) is 6.42 Å². The van der Waals surface area contributed by atoms with Crippen LogP contribution in [-0.4, -0.2) is 39.5 Å². The van der Waals surface area contributed by atoms with Gasteiger partial charge >= 0.3 is 5.97 Å². The van der Waals surface area contributed by atoms with Crippen molar-refractivity contribution in [2.24, 2.45) is 0 Å². The number of methoxy groups -OCH3 is 2. The zero-order chi connectivity index (χ0) is 16.0. The highest BCUT2D eigenvalue weighted by atomic mass is 35.5. The molecule has 0 amide bonds. The van der Waals surface area contributed by atoms with E-state index in [9.17, 15) is 13.2 Å². The molecule has 1 rings (SSSR count). The second-order valence-electron chi connectivity index (χ2n) is 4.11. The van der Waals surface area contributed by atoms with Gasteiger partial charge in [0.05, 0.1) is 30.7 Å². The third kappa shape index (κ3) is 5.31. The Labute approximate surface area is 127 Å². The smallest absolute Gasteiger partial charge is 0.303 e. The summed E-state index contributed by atoms with van der Waals surface area (Å²) in [6.07, 6.45) is -0.212. The fraction of sp³-hybridized carbons (Fsp3) is 0.417. The highest BCUT2D eigenvalue weighted by Gasteiger charge is 2.16. The van der Waals surface area contributed by atoms with Crippen LogP contribution >= 0.6 is 11.6 Å². The molecule has 0 spiro atoms. The third-order valence-corrected chi connectivity index (χ3v) is 4.21. The summed E-state index contributed by atoms with van der Waals surface area (Å²) in [4.78, 5) is 10.4. The van der Waals surface area contributed by atoms with Crippen molar-refractivity contribution in [2.45, 2.75) is 12.8 Å². The number of hydrogen-bond donors (Lipinski definition) is 2. The molecule has 0 aromatic heterocycles. The molecule has 118 valence electrons. The molecule has 0 radical (unpaired) electrons. The molecule has 1 aromatic rings. The monoisotopic (exact) mass is 337 g/mol. The van der Waals surface area contributed by atoms with E-state index in [1.165, 1.54) is 26.4 Å². The number of halogens is 1. The van der Waals surface area contributed by atoms with E-state index in [-0.39, 0.29) is 29.3 Å². The molecule has 0 fully saturated rings. The molecule has 0 heterocycles. The predicted octanol–water partition coefficient (Wildman–Crippen LogP) is 1.96. The largest absolute Gasteiger partial charge is 0.493 e. The number of carbonyl (C=O) groups is 1. The minimum atomic E-state index is -3.69. The van der Waals surface area contributed by atoms with Crippen LogP contribution in [0.4, 0.5) is 5.69 Å². The van der Waals surface area contributed by atoms with E-state index in [0.717, 1.165) is 0 Å². The van der Waals surface area contributed by atoms with Crippen LogP contribution in [0.1, 0.15) is 12.8 Å². The van der Waals surface area contributed by atoms with Gasteiger partial charge in [0.1, 0.15) is 0 Å². The summed E-state index contributed by atoms with van der Waals surface area (Å²) in [7, 11) is -0.843. The molecular formula is C12H16ClNO6S. The van der Waals surface area contributed by atoms with Crippen molar-refractivity contribution >= 4 is 33.3 Å². The molecule has 0 bridgehead atoms. The van der Waals surface area contributed by atoms with Gasteiger partial charge in [-0.15, -0.1) is 0 Å². The van der Waals surface area contributed by atoms with Crippen LogP contribution in [-0.2, 0) is 14.8 Å². The summed E-state index contributed by atoms with van der Waals surface area (Å²) < 4.78 is 36.1. The van der Waals surface area contributed by atoms with Crippen molar-refractivity contribution in [1.82, 2.24) is 0 Å². The summed E-state index contributed by atoms with van der Waals surface area (Å²) in [5.41, 5.74) is 0.143. The molecule has 7 nitrogen and oxygen atoms in total. The third-order valence-electron chi connectivity index (χ3n) is 2.54. The van der Waals surface area contributed by atoms with Crippen LogP contribution in [0.2, 0.25) is 5.02 Å². The number of sulfonamides is 1. The Hall–Kier alpha value is -1.67. The van der Waals surface area contributed by atoms with E-state index >= 15 is 0 Å². The van der Waals surface area contributed by atoms with Crippen molar-refractivity contribution in [1.29, 1.82) is 0 Å². The predicted molar refractivity (Wildman–Crippen MR) is 78.8 cm³/mol. The van der Waals surface area contributed by atoms with Crippen molar-refractivity contribution in [3.05, 3.63) is 17.2 Å². The minimum Gasteiger partial charge on any atom is -0.493 e. The quantitative estimate of drug-likeness (QED) is 0.751. The summed E-state index contributed by atoms with van der Waals surface area (Å²) >= 11 is 5.97. The zero-order valence-corrected chi connectivity index (χ0v) is 13.1. The molecule has 0 aliphatic carbocycles. The highest BCUT2D eigenvalue weighted by Crippen LogP contribution is 2.36. The van der Waals surface area contributed by atoms with Gasteiger partial charge in [0.15, 0.2) is 11.5 Å². The van der Waals surface area contributed by atoms with Gasteiger partial charge in [-0.25, -0.2) is 8.42 Å². The molecule has 0 unspecified atom stereocenters. The molecule has 2 N–H and O–H groups in total. The summed E-state index contributed by atoms with van der Waals surface area (Å²) in [5.74, 6) is -0.667. The Morgan fingerprint density at radius 1 is 1.29 bits per heavy atom. The molecule has 0 aliphatic heterocycles. The molecular weight excluding hydrogens is 322 g/mol. The second-order valence-corrected chi connectivity index (χ2v) is 6.35. The zero-order valence-electron chi connectivity index (χ0n) is 11.6.